The maximum atomic E-state index is 13.1. The van der Waals surface area contributed by atoms with Crippen LogP contribution in [0.3, 0.4) is 0 Å². The second-order valence-electron chi connectivity index (χ2n) is 9.87. The van der Waals surface area contributed by atoms with Gasteiger partial charge in [0.05, 0.1) is 11.1 Å². The summed E-state index contributed by atoms with van der Waals surface area (Å²) in [7, 11) is 0. The molecular weight excluding hydrogens is 424 g/mol. The lowest BCUT2D eigenvalue weighted by Gasteiger charge is -2.39. The number of carbonyl (C=O) groups excluding carboxylic acids is 2. The van der Waals surface area contributed by atoms with E-state index in [0.717, 1.165) is 19.3 Å². The van der Waals surface area contributed by atoms with E-state index in [0.29, 0.717) is 28.9 Å². The third-order valence-corrected chi connectivity index (χ3v) is 8.26. The molecule has 3 aliphatic rings. The van der Waals surface area contributed by atoms with Gasteiger partial charge in [-0.15, -0.1) is 0 Å². The van der Waals surface area contributed by atoms with Crippen molar-refractivity contribution in [2.45, 2.75) is 37.4 Å². The van der Waals surface area contributed by atoms with Gasteiger partial charge in [0.2, 0.25) is 0 Å². The highest BCUT2D eigenvalue weighted by Crippen LogP contribution is 2.64. The Bertz CT molecular complexity index is 1160. The number of rotatable bonds is 5. The number of fused-ring (bicyclic) bond motifs is 5. The lowest BCUT2D eigenvalue weighted by Crippen LogP contribution is -2.46. The number of hydrogen-bond acceptors (Lipinski definition) is 4. The second kappa shape index (κ2) is 8.75. The molecule has 3 aromatic rings. The van der Waals surface area contributed by atoms with Crippen LogP contribution in [-0.2, 0) is 9.47 Å². The van der Waals surface area contributed by atoms with E-state index in [1.54, 1.807) is 24.3 Å². The molecule has 4 heteroatoms. The fourth-order valence-electron chi connectivity index (χ4n) is 6.96. The molecule has 3 aromatic carbocycles. The van der Waals surface area contributed by atoms with Gasteiger partial charge in [0.25, 0.3) is 0 Å². The van der Waals surface area contributed by atoms with E-state index >= 15 is 0 Å². The van der Waals surface area contributed by atoms with Crippen molar-refractivity contribution in [1.29, 1.82) is 0 Å². The molecular formula is C30H28O4. The molecule has 172 valence electrons. The van der Waals surface area contributed by atoms with Gasteiger partial charge in [-0.2, -0.15) is 0 Å². The SMILES string of the molecule is O=C(OC1C2CC(C1OC(=O)c1ccccc1)C1C(c3ccccc3)CCC21)c1ccccc1. The molecule has 0 radical (unpaired) electrons. The predicted octanol–water partition coefficient (Wildman–Crippen LogP) is 5.90. The molecule has 7 unspecified atom stereocenters. The minimum Gasteiger partial charge on any atom is -0.455 e. The van der Waals surface area contributed by atoms with E-state index in [9.17, 15) is 9.59 Å². The van der Waals surface area contributed by atoms with Crippen LogP contribution in [0.2, 0.25) is 0 Å². The van der Waals surface area contributed by atoms with Crippen molar-refractivity contribution in [2.24, 2.45) is 23.7 Å². The number of esters is 2. The van der Waals surface area contributed by atoms with Crippen molar-refractivity contribution in [3.63, 3.8) is 0 Å². The Labute approximate surface area is 199 Å². The average Bonchev–Trinajstić information content (AvgIpc) is 3.58. The summed E-state index contributed by atoms with van der Waals surface area (Å²) in [5, 5.41) is 0. The largest absolute Gasteiger partial charge is 0.455 e. The van der Waals surface area contributed by atoms with Crippen molar-refractivity contribution in [1.82, 2.24) is 0 Å². The van der Waals surface area contributed by atoms with Crippen LogP contribution in [0.25, 0.3) is 0 Å². The van der Waals surface area contributed by atoms with Gasteiger partial charge in [-0.25, -0.2) is 9.59 Å². The molecule has 7 atom stereocenters. The quantitative estimate of drug-likeness (QED) is 0.453. The van der Waals surface area contributed by atoms with E-state index in [2.05, 4.69) is 30.3 Å². The summed E-state index contributed by atoms with van der Waals surface area (Å²) < 4.78 is 12.3. The fourth-order valence-corrected chi connectivity index (χ4v) is 6.96. The average molecular weight is 453 g/mol. The van der Waals surface area contributed by atoms with Crippen LogP contribution < -0.4 is 0 Å². The standard InChI is InChI=1S/C30H28O4/c31-29(20-12-6-2-7-13-20)33-27-24-18-25(28(27)34-30(32)21-14-8-3-9-15-21)26-22(16-17-23(24)26)19-10-4-1-5-11-19/h1-15,22-28H,16-18H2. The van der Waals surface area contributed by atoms with Crippen molar-refractivity contribution in [2.75, 3.05) is 0 Å². The first-order valence-electron chi connectivity index (χ1n) is 12.3. The zero-order valence-electron chi connectivity index (χ0n) is 19.0. The van der Waals surface area contributed by atoms with Gasteiger partial charge in [0.1, 0.15) is 12.2 Å². The van der Waals surface area contributed by atoms with Gasteiger partial charge in [0, 0.05) is 11.8 Å². The highest BCUT2D eigenvalue weighted by Gasteiger charge is 2.64. The zero-order valence-corrected chi connectivity index (χ0v) is 19.0. The fraction of sp³-hybridized carbons (Fsp3) is 0.333. The van der Waals surface area contributed by atoms with Crippen molar-refractivity contribution in [3.8, 4) is 0 Å². The van der Waals surface area contributed by atoms with E-state index < -0.39 is 12.2 Å². The molecule has 0 aromatic heterocycles. The van der Waals surface area contributed by atoms with Crippen molar-refractivity contribution >= 4 is 11.9 Å². The number of carbonyl (C=O) groups is 2. The molecule has 4 nitrogen and oxygen atoms in total. The molecule has 0 spiro atoms. The van der Waals surface area contributed by atoms with Gasteiger partial charge >= 0.3 is 11.9 Å². The van der Waals surface area contributed by atoms with Crippen LogP contribution in [0.15, 0.2) is 91.0 Å². The Balaban J connectivity index is 1.30. The van der Waals surface area contributed by atoms with Crippen LogP contribution >= 0.6 is 0 Å². The molecule has 3 aliphatic carbocycles. The summed E-state index contributed by atoms with van der Waals surface area (Å²) in [5.41, 5.74) is 2.43. The van der Waals surface area contributed by atoms with Gasteiger partial charge in [-0.05, 0) is 66.8 Å². The molecule has 0 amide bonds. The maximum Gasteiger partial charge on any atom is 0.338 e. The van der Waals surface area contributed by atoms with Crippen LogP contribution in [0.4, 0.5) is 0 Å². The third kappa shape index (κ3) is 3.62. The summed E-state index contributed by atoms with van der Waals surface area (Å²) in [4.78, 5) is 26.1. The lowest BCUT2D eigenvalue weighted by atomic mass is 9.73. The zero-order chi connectivity index (χ0) is 23.1. The van der Waals surface area contributed by atoms with E-state index in [1.807, 2.05) is 36.4 Å². The van der Waals surface area contributed by atoms with Crippen LogP contribution in [-0.4, -0.2) is 24.1 Å². The molecule has 3 saturated carbocycles. The summed E-state index contributed by atoms with van der Waals surface area (Å²) in [6, 6.07) is 28.9. The maximum absolute atomic E-state index is 13.1. The molecule has 6 rings (SSSR count). The Kier molecular flexibility index (Phi) is 5.44. The van der Waals surface area contributed by atoms with Crippen LogP contribution in [0.1, 0.15) is 51.5 Å². The number of ether oxygens (including phenoxy) is 2. The second-order valence-corrected chi connectivity index (χ2v) is 9.87. The Hall–Kier alpha value is -3.40. The molecule has 0 N–H and O–H groups in total. The summed E-state index contributed by atoms with van der Waals surface area (Å²) in [6.07, 6.45) is 2.38. The summed E-state index contributed by atoms with van der Waals surface area (Å²) in [5.74, 6) is 1.15. The minimum absolute atomic E-state index is 0.198. The monoisotopic (exact) mass is 452 g/mol. The minimum atomic E-state index is -0.420. The van der Waals surface area contributed by atoms with Crippen molar-refractivity contribution < 1.29 is 19.1 Å². The first-order valence-corrected chi connectivity index (χ1v) is 12.3. The van der Waals surface area contributed by atoms with E-state index in [4.69, 9.17) is 9.47 Å². The smallest absolute Gasteiger partial charge is 0.338 e. The normalized spacial score (nSPS) is 31.1. The number of benzene rings is 3. The summed E-state index contributed by atoms with van der Waals surface area (Å²) >= 11 is 0. The van der Waals surface area contributed by atoms with Crippen molar-refractivity contribution in [3.05, 3.63) is 108 Å². The van der Waals surface area contributed by atoms with Gasteiger partial charge in [0.15, 0.2) is 0 Å². The Morgan fingerprint density at radius 3 is 1.65 bits per heavy atom. The summed E-state index contributed by atoms with van der Waals surface area (Å²) in [6.45, 7) is 0. The predicted molar refractivity (Wildman–Crippen MR) is 128 cm³/mol. The lowest BCUT2D eigenvalue weighted by molar-refractivity contribution is -0.0781. The first-order chi connectivity index (χ1) is 16.7. The molecule has 34 heavy (non-hydrogen) atoms. The van der Waals surface area contributed by atoms with Gasteiger partial charge in [-0.1, -0.05) is 66.7 Å². The van der Waals surface area contributed by atoms with Gasteiger partial charge in [-0.3, -0.25) is 0 Å². The Morgan fingerprint density at radius 2 is 1.09 bits per heavy atom. The third-order valence-electron chi connectivity index (χ3n) is 8.26. The molecule has 3 fully saturated rings. The van der Waals surface area contributed by atoms with E-state index in [1.165, 1.54) is 5.56 Å². The van der Waals surface area contributed by atoms with Crippen LogP contribution in [0.5, 0.6) is 0 Å². The topological polar surface area (TPSA) is 52.6 Å². The molecule has 0 aliphatic heterocycles. The van der Waals surface area contributed by atoms with Gasteiger partial charge < -0.3 is 9.47 Å². The molecule has 2 bridgehead atoms. The molecule has 0 heterocycles. The first kappa shape index (κ1) is 21.2. The molecule has 0 saturated heterocycles. The van der Waals surface area contributed by atoms with Crippen LogP contribution in [0, 0.1) is 23.7 Å². The number of hydrogen-bond donors (Lipinski definition) is 0. The van der Waals surface area contributed by atoms with E-state index in [-0.39, 0.29) is 23.8 Å². The highest BCUT2D eigenvalue weighted by atomic mass is 16.6. The highest BCUT2D eigenvalue weighted by molar-refractivity contribution is 5.90. The Morgan fingerprint density at radius 1 is 0.588 bits per heavy atom.